The van der Waals surface area contributed by atoms with Gasteiger partial charge in [0.2, 0.25) is 0 Å². The number of likely N-dealkylation sites (tertiary alicyclic amines) is 1. The number of hydrogen-bond donors (Lipinski definition) is 1. The number of aliphatic hydroxyl groups is 1. The van der Waals surface area contributed by atoms with Crippen molar-refractivity contribution in [3.63, 3.8) is 0 Å². The zero-order valence-corrected chi connectivity index (χ0v) is 7.35. The van der Waals surface area contributed by atoms with E-state index in [1.807, 2.05) is 0 Å². The van der Waals surface area contributed by atoms with E-state index in [2.05, 4.69) is 0 Å². The Morgan fingerprint density at radius 3 is 2.15 bits per heavy atom. The molecule has 13 heavy (non-hydrogen) atoms. The third kappa shape index (κ3) is 3.52. The Morgan fingerprint density at radius 1 is 1.15 bits per heavy atom. The molecule has 2 nitrogen and oxygen atoms in total. The maximum atomic E-state index is 11.9. The van der Waals surface area contributed by atoms with Gasteiger partial charge in [0.1, 0.15) is 0 Å². The lowest BCUT2D eigenvalue weighted by Gasteiger charge is -2.29. The molecule has 0 aromatic rings. The molecule has 0 spiro atoms. The van der Waals surface area contributed by atoms with Crippen LogP contribution in [-0.2, 0) is 0 Å². The minimum Gasteiger partial charge on any atom is -0.382 e. The van der Waals surface area contributed by atoms with E-state index in [0.29, 0.717) is 13.1 Å². The van der Waals surface area contributed by atoms with Gasteiger partial charge in [-0.3, -0.25) is 0 Å². The van der Waals surface area contributed by atoms with Gasteiger partial charge < -0.3 is 10.0 Å². The van der Waals surface area contributed by atoms with E-state index in [1.165, 1.54) is 0 Å². The maximum Gasteiger partial charge on any atom is 0.415 e. The first-order valence-corrected chi connectivity index (χ1v) is 4.47. The fourth-order valence-electron chi connectivity index (χ4n) is 1.49. The van der Waals surface area contributed by atoms with Crippen molar-refractivity contribution in [3.05, 3.63) is 0 Å². The molecule has 1 aliphatic heterocycles. The largest absolute Gasteiger partial charge is 0.415 e. The lowest BCUT2D eigenvalue weighted by molar-refractivity contribution is -0.208. The van der Waals surface area contributed by atoms with Crippen molar-refractivity contribution in [2.75, 3.05) is 19.6 Å². The first-order valence-electron chi connectivity index (χ1n) is 4.47. The van der Waals surface area contributed by atoms with Crippen LogP contribution in [0.4, 0.5) is 13.2 Å². The van der Waals surface area contributed by atoms with E-state index in [4.69, 9.17) is 5.11 Å². The zero-order valence-electron chi connectivity index (χ0n) is 7.35. The van der Waals surface area contributed by atoms with Crippen LogP contribution in [0.15, 0.2) is 0 Å². The quantitative estimate of drug-likeness (QED) is 0.723. The van der Waals surface area contributed by atoms with Crippen molar-refractivity contribution in [2.45, 2.75) is 31.5 Å². The third-order valence-corrected chi connectivity index (χ3v) is 2.26. The molecule has 0 bridgehead atoms. The van der Waals surface area contributed by atoms with Gasteiger partial charge in [0.05, 0.1) is 0 Å². The van der Waals surface area contributed by atoms with E-state index in [0.717, 1.165) is 19.3 Å². The molecule has 0 saturated carbocycles. The predicted molar refractivity (Wildman–Crippen MR) is 42.4 cm³/mol. The molecule has 0 radical (unpaired) electrons. The van der Waals surface area contributed by atoms with Gasteiger partial charge >= 0.3 is 6.18 Å². The van der Waals surface area contributed by atoms with Gasteiger partial charge in [0.25, 0.3) is 0 Å². The van der Waals surface area contributed by atoms with Crippen molar-refractivity contribution in [1.82, 2.24) is 4.90 Å². The Hall–Kier alpha value is -0.290. The van der Waals surface area contributed by atoms with Gasteiger partial charge in [-0.1, -0.05) is 6.42 Å². The molecule has 1 heterocycles. The minimum atomic E-state index is -4.47. The van der Waals surface area contributed by atoms with E-state index < -0.39 is 12.3 Å². The number of hydrogen-bond acceptors (Lipinski definition) is 2. The third-order valence-electron chi connectivity index (χ3n) is 2.26. The Labute approximate surface area is 75.3 Å². The molecule has 0 unspecified atom stereocenters. The standard InChI is InChI=1S/C8H14F3NO/c9-8(10,11)7(13)6-12-4-2-1-3-5-12/h7,13H,1-6H2/t7-/m1/s1. The molecule has 1 N–H and O–H groups in total. The molecule has 1 aliphatic rings. The molecule has 1 fully saturated rings. The van der Waals surface area contributed by atoms with Crippen LogP contribution < -0.4 is 0 Å². The van der Waals surface area contributed by atoms with Gasteiger partial charge in [-0.15, -0.1) is 0 Å². The van der Waals surface area contributed by atoms with Gasteiger partial charge in [-0.25, -0.2) is 0 Å². The first kappa shape index (κ1) is 10.8. The lowest BCUT2D eigenvalue weighted by Crippen LogP contribution is -2.42. The highest BCUT2D eigenvalue weighted by Crippen LogP contribution is 2.21. The summed E-state index contributed by atoms with van der Waals surface area (Å²) in [7, 11) is 0. The summed E-state index contributed by atoms with van der Waals surface area (Å²) in [6.07, 6.45) is -3.71. The second-order valence-corrected chi connectivity index (χ2v) is 3.42. The summed E-state index contributed by atoms with van der Waals surface area (Å²) in [6, 6.07) is 0. The molecule has 1 atom stereocenters. The topological polar surface area (TPSA) is 23.5 Å². The van der Waals surface area contributed by atoms with Crippen LogP contribution in [0, 0.1) is 0 Å². The second kappa shape index (κ2) is 4.28. The van der Waals surface area contributed by atoms with Crippen LogP contribution in [0.25, 0.3) is 0 Å². The zero-order chi connectivity index (χ0) is 9.90. The highest BCUT2D eigenvalue weighted by molar-refractivity contribution is 4.73. The average Bonchev–Trinajstić information content (AvgIpc) is 2.04. The van der Waals surface area contributed by atoms with Gasteiger partial charge in [-0.2, -0.15) is 13.2 Å². The summed E-state index contributed by atoms with van der Waals surface area (Å²) in [4.78, 5) is 1.67. The SMILES string of the molecule is O[C@H](CN1CCCCC1)C(F)(F)F. The number of rotatable bonds is 2. The average molecular weight is 197 g/mol. The summed E-state index contributed by atoms with van der Waals surface area (Å²) in [6.45, 7) is 1.07. The first-order chi connectivity index (χ1) is 6.00. The number of halogens is 3. The number of nitrogens with zero attached hydrogens (tertiary/aromatic N) is 1. The molecular weight excluding hydrogens is 183 g/mol. The van der Waals surface area contributed by atoms with E-state index in [1.54, 1.807) is 4.90 Å². The molecule has 78 valence electrons. The summed E-state index contributed by atoms with van der Waals surface area (Å²) >= 11 is 0. The highest BCUT2D eigenvalue weighted by Gasteiger charge is 2.39. The van der Waals surface area contributed by atoms with E-state index in [-0.39, 0.29) is 6.54 Å². The Kier molecular flexibility index (Phi) is 3.55. The van der Waals surface area contributed by atoms with Gasteiger partial charge in [0.15, 0.2) is 6.10 Å². The second-order valence-electron chi connectivity index (χ2n) is 3.42. The van der Waals surface area contributed by atoms with Gasteiger partial charge in [-0.05, 0) is 25.9 Å². The van der Waals surface area contributed by atoms with Crippen molar-refractivity contribution in [2.24, 2.45) is 0 Å². The minimum absolute atomic E-state index is 0.274. The summed E-state index contributed by atoms with van der Waals surface area (Å²) in [5.41, 5.74) is 0. The monoisotopic (exact) mass is 197 g/mol. The Morgan fingerprint density at radius 2 is 1.69 bits per heavy atom. The van der Waals surface area contributed by atoms with E-state index >= 15 is 0 Å². The molecular formula is C8H14F3NO. The van der Waals surface area contributed by atoms with Crippen molar-refractivity contribution in [3.8, 4) is 0 Å². The number of alkyl halides is 3. The maximum absolute atomic E-state index is 11.9. The van der Waals surface area contributed by atoms with Crippen molar-refractivity contribution in [1.29, 1.82) is 0 Å². The fourth-order valence-corrected chi connectivity index (χ4v) is 1.49. The Bertz CT molecular complexity index is 154. The Balaban J connectivity index is 2.30. The van der Waals surface area contributed by atoms with Crippen LogP contribution in [0.2, 0.25) is 0 Å². The fraction of sp³-hybridized carbons (Fsp3) is 1.00. The summed E-state index contributed by atoms with van der Waals surface area (Å²) < 4.78 is 35.8. The summed E-state index contributed by atoms with van der Waals surface area (Å²) in [5.74, 6) is 0. The molecule has 0 aromatic heterocycles. The van der Waals surface area contributed by atoms with Crippen LogP contribution in [0.3, 0.4) is 0 Å². The number of aliphatic hydroxyl groups excluding tert-OH is 1. The normalized spacial score (nSPS) is 23.1. The van der Waals surface area contributed by atoms with Crippen molar-refractivity contribution < 1.29 is 18.3 Å². The van der Waals surface area contributed by atoms with Crippen LogP contribution in [0.5, 0.6) is 0 Å². The van der Waals surface area contributed by atoms with Gasteiger partial charge in [0, 0.05) is 6.54 Å². The lowest BCUT2D eigenvalue weighted by atomic mass is 10.1. The van der Waals surface area contributed by atoms with Crippen molar-refractivity contribution >= 4 is 0 Å². The molecule has 0 aliphatic carbocycles. The molecule has 1 saturated heterocycles. The predicted octanol–water partition coefficient (Wildman–Crippen LogP) is 1.40. The molecule has 1 rings (SSSR count). The molecule has 5 heteroatoms. The van der Waals surface area contributed by atoms with Crippen LogP contribution in [-0.4, -0.2) is 41.9 Å². The molecule has 0 amide bonds. The van der Waals surface area contributed by atoms with Crippen LogP contribution >= 0.6 is 0 Å². The van der Waals surface area contributed by atoms with E-state index in [9.17, 15) is 13.2 Å². The van der Waals surface area contributed by atoms with Crippen LogP contribution in [0.1, 0.15) is 19.3 Å². The number of β-amino-alcohol motifs (C(OH)–C–C–N with tert-alkyl or cyclic N) is 1. The summed E-state index contributed by atoms with van der Waals surface area (Å²) in [5, 5.41) is 8.77. The number of piperidine rings is 1. The highest BCUT2D eigenvalue weighted by atomic mass is 19.4. The smallest absolute Gasteiger partial charge is 0.382 e. The molecule has 0 aromatic carbocycles.